The summed E-state index contributed by atoms with van der Waals surface area (Å²) in [4.78, 5) is 0. The van der Waals surface area contributed by atoms with Crippen LogP contribution >= 0.6 is 0 Å². The first kappa shape index (κ1) is 16.5. The molecule has 2 nitrogen and oxygen atoms in total. The molecule has 0 bridgehead atoms. The third-order valence-corrected chi connectivity index (χ3v) is 2.36. The molecule has 0 N–H and O–H groups in total. The van der Waals surface area contributed by atoms with Crippen molar-refractivity contribution in [2.24, 2.45) is 0 Å². The Bertz CT molecular complexity index is 192. The fourth-order valence-electron chi connectivity index (χ4n) is 1.25. The van der Waals surface area contributed by atoms with E-state index < -0.39 is 0 Å². The van der Waals surface area contributed by atoms with Crippen LogP contribution in [0.5, 0.6) is 0 Å². The van der Waals surface area contributed by atoms with Crippen LogP contribution in [0.25, 0.3) is 0 Å². The van der Waals surface area contributed by atoms with E-state index in [0.717, 1.165) is 45.3 Å². The normalized spacial score (nSPS) is 11.7. The second-order valence-corrected chi connectivity index (χ2v) is 4.05. The van der Waals surface area contributed by atoms with Gasteiger partial charge in [-0.25, -0.2) is 0 Å². The van der Waals surface area contributed by atoms with Crippen molar-refractivity contribution in [3.05, 3.63) is 24.2 Å². The Hall–Kier alpha value is -0.535. The van der Waals surface area contributed by atoms with Gasteiger partial charge in [-0.05, 0) is 26.2 Å². The highest BCUT2D eigenvalue weighted by Gasteiger charge is 2.12. The molecule has 0 saturated carbocycles. The maximum absolute atomic E-state index is 5.68. The van der Waals surface area contributed by atoms with Crippen molar-refractivity contribution in [1.29, 1.82) is 0 Å². The third kappa shape index (κ3) is 11.7. The lowest BCUT2D eigenvalue weighted by molar-refractivity contribution is 0.201. The van der Waals surface area contributed by atoms with Crippen molar-refractivity contribution >= 4 is 7.12 Å². The van der Waals surface area contributed by atoms with Gasteiger partial charge in [-0.15, -0.1) is 0 Å². The van der Waals surface area contributed by atoms with Crippen LogP contribution in [0.15, 0.2) is 24.2 Å². The van der Waals surface area contributed by atoms with E-state index in [4.69, 9.17) is 9.31 Å². The molecule has 98 valence electrons. The first-order chi connectivity index (χ1) is 8.35. The second-order valence-electron chi connectivity index (χ2n) is 4.05. The van der Waals surface area contributed by atoms with Gasteiger partial charge in [0.1, 0.15) is 0 Å². The molecule has 3 heteroatoms. The van der Waals surface area contributed by atoms with Crippen molar-refractivity contribution in [3.8, 4) is 0 Å². The van der Waals surface area contributed by atoms with E-state index in [1.165, 1.54) is 0 Å². The van der Waals surface area contributed by atoms with Crippen LogP contribution in [-0.4, -0.2) is 20.3 Å². The highest BCUT2D eigenvalue weighted by atomic mass is 16.6. The predicted octanol–water partition coefficient (Wildman–Crippen LogP) is 4.17. The van der Waals surface area contributed by atoms with Crippen molar-refractivity contribution < 1.29 is 9.31 Å². The molecule has 0 radical (unpaired) electrons. The molecule has 0 amide bonds. The SMILES string of the molecule is C/C=C\C/C=C/B(OCCCC)OCCCC. The quantitative estimate of drug-likeness (QED) is 0.305. The number of rotatable bonds is 11. The van der Waals surface area contributed by atoms with Crippen LogP contribution in [0, 0.1) is 0 Å². The van der Waals surface area contributed by atoms with Crippen LogP contribution in [0.4, 0.5) is 0 Å². The summed E-state index contributed by atoms with van der Waals surface area (Å²) in [6.45, 7) is 7.92. The minimum Gasteiger partial charge on any atom is -0.408 e. The molecule has 0 saturated heterocycles. The van der Waals surface area contributed by atoms with Gasteiger partial charge in [0.2, 0.25) is 0 Å². The molecular weight excluding hydrogens is 211 g/mol. The van der Waals surface area contributed by atoms with Gasteiger partial charge in [-0.1, -0.05) is 50.9 Å². The molecule has 17 heavy (non-hydrogen) atoms. The average molecular weight is 238 g/mol. The maximum Gasteiger partial charge on any atom is 0.485 e. The topological polar surface area (TPSA) is 18.5 Å². The van der Waals surface area contributed by atoms with Gasteiger partial charge >= 0.3 is 7.12 Å². The molecule has 0 fully saturated rings. The fourth-order valence-corrected chi connectivity index (χ4v) is 1.25. The Balaban J connectivity index is 3.86. The first-order valence-electron chi connectivity index (χ1n) is 6.86. The van der Waals surface area contributed by atoms with E-state index in [9.17, 15) is 0 Å². The van der Waals surface area contributed by atoms with Crippen molar-refractivity contribution in [2.45, 2.75) is 52.9 Å². The molecule has 0 rings (SSSR count). The molecule has 0 spiro atoms. The zero-order valence-electron chi connectivity index (χ0n) is 11.7. The summed E-state index contributed by atoms with van der Waals surface area (Å²) in [5.41, 5.74) is 0. The summed E-state index contributed by atoms with van der Waals surface area (Å²) in [7, 11) is -0.168. The number of hydrogen-bond donors (Lipinski definition) is 0. The first-order valence-corrected chi connectivity index (χ1v) is 6.86. The Labute approximate surface area is 107 Å². The zero-order chi connectivity index (χ0) is 12.8. The number of unbranched alkanes of at least 4 members (excludes halogenated alkanes) is 2. The Kier molecular flexibility index (Phi) is 13.1. The van der Waals surface area contributed by atoms with E-state index in [-0.39, 0.29) is 7.12 Å². The van der Waals surface area contributed by atoms with Crippen LogP contribution in [0.2, 0.25) is 0 Å². The maximum atomic E-state index is 5.68. The van der Waals surface area contributed by atoms with Gasteiger partial charge in [-0.2, -0.15) is 0 Å². The van der Waals surface area contributed by atoms with Crippen LogP contribution in [0.1, 0.15) is 52.9 Å². The van der Waals surface area contributed by atoms with Gasteiger partial charge in [0.05, 0.1) is 0 Å². The van der Waals surface area contributed by atoms with Crippen molar-refractivity contribution in [2.75, 3.05) is 13.2 Å². The Morgan fingerprint density at radius 2 is 1.53 bits per heavy atom. The Morgan fingerprint density at radius 3 is 2.00 bits per heavy atom. The number of allylic oxidation sites excluding steroid dienone is 3. The molecule has 0 aromatic carbocycles. The fraction of sp³-hybridized carbons (Fsp3) is 0.714. The van der Waals surface area contributed by atoms with E-state index in [1.807, 2.05) is 12.9 Å². The highest BCUT2D eigenvalue weighted by molar-refractivity contribution is 6.50. The standard InChI is InChI=1S/C14H27BO2/c1-4-7-10-11-12-15(16-13-8-5-2)17-14-9-6-3/h4,7,11-12H,5-6,8-10,13-14H2,1-3H3/b7-4-,12-11+. The van der Waals surface area contributed by atoms with E-state index in [2.05, 4.69) is 32.1 Å². The Morgan fingerprint density at radius 1 is 0.941 bits per heavy atom. The van der Waals surface area contributed by atoms with Crippen molar-refractivity contribution in [1.82, 2.24) is 0 Å². The molecule has 0 unspecified atom stereocenters. The molecule has 0 heterocycles. The van der Waals surface area contributed by atoms with E-state index in [1.54, 1.807) is 0 Å². The zero-order valence-corrected chi connectivity index (χ0v) is 11.7. The lowest BCUT2D eigenvalue weighted by Crippen LogP contribution is -2.22. The minimum absolute atomic E-state index is 0.168. The smallest absolute Gasteiger partial charge is 0.408 e. The molecular formula is C14H27BO2. The summed E-state index contributed by atoms with van der Waals surface area (Å²) < 4.78 is 11.4. The van der Waals surface area contributed by atoms with Crippen LogP contribution in [0.3, 0.4) is 0 Å². The minimum atomic E-state index is -0.168. The molecule has 0 aliphatic carbocycles. The third-order valence-electron chi connectivity index (χ3n) is 2.36. The van der Waals surface area contributed by atoms with E-state index >= 15 is 0 Å². The van der Waals surface area contributed by atoms with Gasteiger partial charge in [0, 0.05) is 13.2 Å². The summed E-state index contributed by atoms with van der Waals surface area (Å²) in [6, 6.07) is 0. The monoisotopic (exact) mass is 238 g/mol. The average Bonchev–Trinajstić information content (AvgIpc) is 2.34. The summed E-state index contributed by atoms with van der Waals surface area (Å²) >= 11 is 0. The molecule has 0 atom stereocenters. The highest BCUT2D eigenvalue weighted by Crippen LogP contribution is 1.99. The molecule has 0 aliphatic rings. The summed E-state index contributed by atoms with van der Waals surface area (Å²) in [5.74, 6) is 2.02. The summed E-state index contributed by atoms with van der Waals surface area (Å²) in [5, 5.41) is 0. The summed E-state index contributed by atoms with van der Waals surface area (Å²) in [6.07, 6.45) is 11.7. The second kappa shape index (κ2) is 13.5. The lowest BCUT2D eigenvalue weighted by Gasteiger charge is -2.10. The lowest BCUT2D eigenvalue weighted by atomic mass is 9.89. The number of hydrogen-bond acceptors (Lipinski definition) is 2. The molecule has 0 aromatic rings. The molecule has 0 aliphatic heterocycles. The van der Waals surface area contributed by atoms with Crippen LogP contribution < -0.4 is 0 Å². The largest absolute Gasteiger partial charge is 0.485 e. The predicted molar refractivity (Wildman–Crippen MR) is 76.0 cm³/mol. The van der Waals surface area contributed by atoms with E-state index in [0.29, 0.717) is 0 Å². The van der Waals surface area contributed by atoms with Gasteiger partial charge in [-0.3, -0.25) is 0 Å². The van der Waals surface area contributed by atoms with Gasteiger partial charge in [0.25, 0.3) is 0 Å². The van der Waals surface area contributed by atoms with Crippen LogP contribution in [-0.2, 0) is 9.31 Å². The van der Waals surface area contributed by atoms with Gasteiger partial charge in [0.15, 0.2) is 0 Å². The molecule has 0 aromatic heterocycles. The van der Waals surface area contributed by atoms with Gasteiger partial charge < -0.3 is 9.31 Å². The van der Waals surface area contributed by atoms with Crippen molar-refractivity contribution in [3.63, 3.8) is 0 Å².